The molecule has 2 heterocycles. The Morgan fingerprint density at radius 2 is 2.17 bits per heavy atom. The fourth-order valence-electron chi connectivity index (χ4n) is 1.40. The number of carbonyl (C=O) groups excluding carboxylic acids is 1. The molecule has 0 radical (unpaired) electrons. The number of amides is 1. The third kappa shape index (κ3) is 3.04. The normalized spacial score (nSPS) is 10.1. The number of carbonyl (C=O) groups is 1. The van der Waals surface area contributed by atoms with Gasteiger partial charge < -0.3 is 5.32 Å². The van der Waals surface area contributed by atoms with Crippen LogP contribution in [0.3, 0.4) is 0 Å². The Morgan fingerprint density at radius 3 is 2.72 bits per heavy atom. The van der Waals surface area contributed by atoms with Crippen LogP contribution >= 0.6 is 11.3 Å². The molecule has 2 rings (SSSR count). The number of nitrogens with one attached hydrogen (secondary N) is 2. The van der Waals surface area contributed by atoms with Crippen molar-refractivity contribution >= 4 is 28.2 Å². The van der Waals surface area contributed by atoms with E-state index in [1.165, 1.54) is 11.3 Å². The molecule has 0 atom stereocenters. The van der Waals surface area contributed by atoms with Crippen molar-refractivity contribution in [1.29, 1.82) is 0 Å². The lowest BCUT2D eigenvalue weighted by atomic mass is 10.2. The topological polar surface area (TPSA) is 66.9 Å². The van der Waals surface area contributed by atoms with Crippen LogP contribution in [-0.2, 0) is 0 Å². The predicted octanol–water partition coefficient (Wildman–Crippen LogP) is 2.53. The summed E-state index contributed by atoms with van der Waals surface area (Å²) in [4.78, 5) is 21.2. The summed E-state index contributed by atoms with van der Waals surface area (Å²) >= 11 is 1.45. The average Bonchev–Trinajstić information content (AvgIpc) is 2.76. The van der Waals surface area contributed by atoms with Gasteiger partial charge in [-0.2, -0.15) is 0 Å². The molecule has 2 N–H and O–H groups in total. The molecule has 18 heavy (non-hydrogen) atoms. The maximum Gasteiger partial charge on any atom is 0.259 e. The van der Waals surface area contributed by atoms with Crippen LogP contribution in [-0.4, -0.2) is 22.4 Å². The van der Waals surface area contributed by atoms with Crippen LogP contribution in [0.15, 0.2) is 24.5 Å². The first kappa shape index (κ1) is 12.5. The fraction of sp³-hybridized carbons (Fsp3) is 0.250. The van der Waals surface area contributed by atoms with E-state index in [1.807, 2.05) is 13.8 Å². The number of aryl methyl sites for hydroxylation is 1. The van der Waals surface area contributed by atoms with Gasteiger partial charge in [-0.15, -0.1) is 11.3 Å². The quantitative estimate of drug-likeness (QED) is 0.888. The van der Waals surface area contributed by atoms with E-state index < -0.39 is 0 Å². The summed E-state index contributed by atoms with van der Waals surface area (Å²) in [5, 5.41) is 6.42. The van der Waals surface area contributed by atoms with Crippen LogP contribution in [0.5, 0.6) is 0 Å². The first-order chi connectivity index (χ1) is 8.69. The van der Waals surface area contributed by atoms with E-state index in [9.17, 15) is 4.79 Å². The lowest BCUT2D eigenvalue weighted by molar-refractivity contribution is 0.102. The summed E-state index contributed by atoms with van der Waals surface area (Å²) in [6.07, 6.45) is 3.28. The molecule has 0 saturated carbocycles. The summed E-state index contributed by atoms with van der Waals surface area (Å²) < 4.78 is 0. The van der Waals surface area contributed by atoms with Crippen LogP contribution in [0.25, 0.3) is 0 Å². The van der Waals surface area contributed by atoms with Crippen molar-refractivity contribution in [3.05, 3.63) is 35.0 Å². The second-order valence-corrected chi connectivity index (χ2v) is 4.93. The number of rotatable bonds is 4. The van der Waals surface area contributed by atoms with Gasteiger partial charge in [-0.05, 0) is 26.0 Å². The van der Waals surface area contributed by atoms with Crippen molar-refractivity contribution in [1.82, 2.24) is 9.97 Å². The summed E-state index contributed by atoms with van der Waals surface area (Å²) in [5.74, 6) is 0.569. The van der Waals surface area contributed by atoms with E-state index in [1.54, 1.807) is 24.5 Å². The van der Waals surface area contributed by atoms with Crippen molar-refractivity contribution in [3.8, 4) is 0 Å². The van der Waals surface area contributed by atoms with Gasteiger partial charge in [0.05, 0.1) is 5.56 Å². The smallest absolute Gasteiger partial charge is 0.259 e. The van der Waals surface area contributed by atoms with Crippen LogP contribution in [0, 0.1) is 6.92 Å². The molecular formula is C12H14N4OS. The van der Waals surface area contributed by atoms with Crippen LogP contribution in [0.4, 0.5) is 10.9 Å². The lowest BCUT2D eigenvalue weighted by Crippen LogP contribution is -2.12. The van der Waals surface area contributed by atoms with Crippen LogP contribution in [0.1, 0.15) is 22.2 Å². The van der Waals surface area contributed by atoms with Gasteiger partial charge in [0.2, 0.25) is 0 Å². The fourth-order valence-corrected chi connectivity index (χ4v) is 2.06. The van der Waals surface area contributed by atoms with E-state index in [2.05, 4.69) is 20.6 Å². The molecule has 5 nitrogen and oxygen atoms in total. The van der Waals surface area contributed by atoms with Gasteiger partial charge in [-0.3, -0.25) is 10.1 Å². The minimum Gasteiger partial charge on any atom is -0.370 e. The molecule has 0 fully saturated rings. The van der Waals surface area contributed by atoms with Crippen LogP contribution < -0.4 is 10.6 Å². The van der Waals surface area contributed by atoms with Gasteiger partial charge in [-0.1, -0.05) is 0 Å². The van der Waals surface area contributed by atoms with E-state index in [-0.39, 0.29) is 5.91 Å². The monoisotopic (exact) mass is 262 g/mol. The molecule has 0 aliphatic heterocycles. The van der Waals surface area contributed by atoms with Gasteiger partial charge in [0.1, 0.15) is 5.82 Å². The highest BCUT2D eigenvalue weighted by atomic mass is 32.1. The predicted molar refractivity (Wildman–Crippen MR) is 73.2 cm³/mol. The highest BCUT2D eigenvalue weighted by molar-refractivity contribution is 7.15. The maximum atomic E-state index is 11.9. The zero-order valence-electron chi connectivity index (χ0n) is 10.2. The third-order valence-corrected chi connectivity index (χ3v) is 3.05. The molecule has 1 amide bonds. The standard InChI is InChI=1S/C12H14N4OS/c1-3-13-10-5-4-9(7-14-10)11(17)16-12-15-6-8(2)18-12/h4-7H,3H2,1-2H3,(H,13,14)(H,15,16,17). The molecule has 0 aromatic carbocycles. The Bertz CT molecular complexity index is 535. The van der Waals surface area contributed by atoms with Crippen molar-refractivity contribution in [2.75, 3.05) is 17.2 Å². The molecule has 2 aromatic rings. The number of aromatic nitrogens is 2. The Morgan fingerprint density at radius 1 is 1.33 bits per heavy atom. The molecule has 0 aliphatic rings. The molecule has 94 valence electrons. The van der Waals surface area contributed by atoms with E-state index in [0.717, 1.165) is 17.2 Å². The lowest BCUT2D eigenvalue weighted by Gasteiger charge is -2.04. The minimum absolute atomic E-state index is 0.195. The second kappa shape index (κ2) is 5.59. The third-order valence-electron chi connectivity index (χ3n) is 2.23. The van der Waals surface area contributed by atoms with Gasteiger partial charge in [0.15, 0.2) is 5.13 Å². The summed E-state index contributed by atoms with van der Waals surface area (Å²) in [6, 6.07) is 3.52. The van der Waals surface area contributed by atoms with Gasteiger partial charge in [-0.25, -0.2) is 9.97 Å². The van der Waals surface area contributed by atoms with Crippen molar-refractivity contribution in [2.24, 2.45) is 0 Å². The molecule has 2 aromatic heterocycles. The largest absolute Gasteiger partial charge is 0.370 e. The highest BCUT2D eigenvalue weighted by Crippen LogP contribution is 2.17. The summed E-state index contributed by atoms with van der Waals surface area (Å²) in [6.45, 7) is 4.74. The SMILES string of the molecule is CCNc1ccc(C(=O)Nc2ncc(C)s2)cn1. The first-order valence-electron chi connectivity index (χ1n) is 5.62. The molecule has 0 bridgehead atoms. The molecule has 0 aliphatic carbocycles. The average molecular weight is 262 g/mol. The summed E-state index contributed by atoms with van der Waals surface area (Å²) in [7, 11) is 0. The van der Waals surface area contributed by atoms with Crippen molar-refractivity contribution in [3.63, 3.8) is 0 Å². The number of anilines is 2. The van der Waals surface area contributed by atoms with Crippen molar-refractivity contribution in [2.45, 2.75) is 13.8 Å². The first-order valence-corrected chi connectivity index (χ1v) is 6.44. The molecule has 0 saturated heterocycles. The van der Waals surface area contributed by atoms with E-state index in [4.69, 9.17) is 0 Å². The Hall–Kier alpha value is -1.95. The van der Waals surface area contributed by atoms with Gasteiger partial charge in [0, 0.05) is 23.8 Å². The number of thiazole rings is 1. The zero-order chi connectivity index (χ0) is 13.0. The molecular weight excluding hydrogens is 248 g/mol. The van der Waals surface area contributed by atoms with Gasteiger partial charge in [0.25, 0.3) is 5.91 Å². The summed E-state index contributed by atoms with van der Waals surface area (Å²) in [5.41, 5.74) is 0.518. The Kier molecular flexibility index (Phi) is 3.88. The molecule has 6 heteroatoms. The zero-order valence-corrected chi connectivity index (χ0v) is 11.0. The van der Waals surface area contributed by atoms with Gasteiger partial charge >= 0.3 is 0 Å². The van der Waals surface area contributed by atoms with Crippen molar-refractivity contribution < 1.29 is 4.79 Å². The minimum atomic E-state index is -0.195. The molecule has 0 unspecified atom stereocenters. The maximum absolute atomic E-state index is 11.9. The van der Waals surface area contributed by atoms with Crippen LogP contribution in [0.2, 0.25) is 0 Å². The van der Waals surface area contributed by atoms with E-state index >= 15 is 0 Å². The Labute approximate surface area is 109 Å². The highest BCUT2D eigenvalue weighted by Gasteiger charge is 2.08. The number of pyridine rings is 1. The number of nitrogens with zero attached hydrogens (tertiary/aromatic N) is 2. The van der Waals surface area contributed by atoms with E-state index in [0.29, 0.717) is 10.7 Å². The Balaban J connectivity index is 2.04. The number of hydrogen-bond acceptors (Lipinski definition) is 5. The molecule has 0 spiro atoms. The second-order valence-electron chi connectivity index (χ2n) is 3.69. The number of hydrogen-bond donors (Lipinski definition) is 2.